The summed E-state index contributed by atoms with van der Waals surface area (Å²) in [5.74, 6) is -7.33. The molecule has 1 amide bonds. The van der Waals surface area contributed by atoms with Crippen molar-refractivity contribution >= 4 is 11.6 Å². The fourth-order valence-electron chi connectivity index (χ4n) is 1.46. The maximum atomic E-state index is 13.3. The summed E-state index contributed by atoms with van der Waals surface area (Å²) < 4.78 is 52.5. The summed E-state index contributed by atoms with van der Waals surface area (Å²) >= 11 is 0. The third-order valence-corrected chi connectivity index (χ3v) is 2.39. The molecule has 0 saturated carbocycles. The van der Waals surface area contributed by atoms with Crippen LogP contribution in [0.1, 0.15) is 10.4 Å². The molecule has 0 aromatic heterocycles. The van der Waals surface area contributed by atoms with E-state index < -0.39 is 34.9 Å². The van der Waals surface area contributed by atoms with E-state index in [0.717, 1.165) is 0 Å². The highest BCUT2D eigenvalue weighted by Gasteiger charge is 2.21. The van der Waals surface area contributed by atoms with E-state index in [-0.39, 0.29) is 11.6 Å². The first kappa shape index (κ1) is 13.1. The lowest BCUT2D eigenvalue weighted by molar-refractivity contribution is 0.102. The summed E-state index contributed by atoms with van der Waals surface area (Å²) in [6.45, 7) is 0. The van der Waals surface area contributed by atoms with Crippen molar-refractivity contribution in [3.05, 3.63) is 65.2 Å². The Labute approximate surface area is 105 Å². The van der Waals surface area contributed by atoms with Gasteiger partial charge in [-0.1, -0.05) is 18.2 Å². The molecule has 0 unspecified atom stereocenters. The summed E-state index contributed by atoms with van der Waals surface area (Å²) in [5, 5.41) is 1.81. The Balaban J connectivity index is 2.37. The zero-order valence-corrected chi connectivity index (χ0v) is 9.38. The topological polar surface area (TPSA) is 29.1 Å². The van der Waals surface area contributed by atoms with E-state index >= 15 is 0 Å². The molecule has 0 aliphatic heterocycles. The Morgan fingerprint density at radius 1 is 0.895 bits per heavy atom. The Bertz CT molecular complexity index is 602. The highest BCUT2D eigenvalue weighted by Crippen LogP contribution is 2.24. The lowest BCUT2D eigenvalue weighted by Crippen LogP contribution is -2.15. The standard InChI is InChI=1S/C13H7F4NO/c14-8-6-9(15)11(17)12(10(8)16)18-13(19)7-4-2-1-3-5-7/h1-6H,(H,18,19). The van der Waals surface area contributed by atoms with Crippen molar-refractivity contribution in [3.8, 4) is 0 Å². The molecular weight excluding hydrogens is 262 g/mol. The van der Waals surface area contributed by atoms with Crippen molar-refractivity contribution in [2.45, 2.75) is 0 Å². The van der Waals surface area contributed by atoms with Gasteiger partial charge in [0.15, 0.2) is 23.3 Å². The van der Waals surface area contributed by atoms with E-state index in [4.69, 9.17) is 0 Å². The molecule has 0 aliphatic rings. The van der Waals surface area contributed by atoms with Gasteiger partial charge in [0.05, 0.1) is 0 Å². The van der Waals surface area contributed by atoms with Gasteiger partial charge in [0, 0.05) is 11.6 Å². The predicted molar refractivity (Wildman–Crippen MR) is 60.7 cm³/mol. The minimum atomic E-state index is -1.65. The van der Waals surface area contributed by atoms with Gasteiger partial charge in [0.25, 0.3) is 5.91 Å². The molecule has 19 heavy (non-hydrogen) atoms. The van der Waals surface area contributed by atoms with E-state index in [0.29, 0.717) is 0 Å². The molecule has 0 saturated heterocycles. The van der Waals surface area contributed by atoms with Crippen molar-refractivity contribution < 1.29 is 22.4 Å². The second-order valence-electron chi connectivity index (χ2n) is 3.66. The Morgan fingerprint density at radius 2 is 1.42 bits per heavy atom. The lowest BCUT2D eigenvalue weighted by atomic mass is 10.2. The van der Waals surface area contributed by atoms with E-state index in [2.05, 4.69) is 0 Å². The SMILES string of the molecule is O=C(Nc1c(F)c(F)cc(F)c1F)c1ccccc1. The summed E-state index contributed by atoms with van der Waals surface area (Å²) in [4.78, 5) is 11.7. The number of hydrogen-bond donors (Lipinski definition) is 1. The smallest absolute Gasteiger partial charge is 0.255 e. The molecule has 2 nitrogen and oxygen atoms in total. The first-order valence-electron chi connectivity index (χ1n) is 5.20. The number of rotatable bonds is 2. The van der Waals surface area contributed by atoms with Crippen molar-refractivity contribution in [2.75, 3.05) is 5.32 Å². The zero-order chi connectivity index (χ0) is 14.0. The second-order valence-corrected chi connectivity index (χ2v) is 3.66. The number of hydrogen-bond acceptors (Lipinski definition) is 1. The number of amides is 1. The number of halogens is 4. The maximum Gasteiger partial charge on any atom is 0.255 e. The number of carbonyl (C=O) groups is 1. The molecule has 1 N–H and O–H groups in total. The average Bonchev–Trinajstić information content (AvgIpc) is 2.42. The van der Waals surface area contributed by atoms with Crippen LogP contribution in [0.15, 0.2) is 36.4 Å². The van der Waals surface area contributed by atoms with Crippen molar-refractivity contribution in [2.24, 2.45) is 0 Å². The summed E-state index contributed by atoms with van der Waals surface area (Å²) in [7, 11) is 0. The van der Waals surface area contributed by atoms with Crippen LogP contribution in [0.25, 0.3) is 0 Å². The predicted octanol–water partition coefficient (Wildman–Crippen LogP) is 3.50. The molecule has 0 atom stereocenters. The normalized spacial score (nSPS) is 10.3. The fourth-order valence-corrected chi connectivity index (χ4v) is 1.46. The minimum Gasteiger partial charge on any atom is -0.317 e. The largest absolute Gasteiger partial charge is 0.317 e. The number of anilines is 1. The fraction of sp³-hybridized carbons (Fsp3) is 0. The van der Waals surface area contributed by atoms with Crippen molar-refractivity contribution in [1.29, 1.82) is 0 Å². The van der Waals surface area contributed by atoms with E-state index in [9.17, 15) is 22.4 Å². The van der Waals surface area contributed by atoms with Crippen LogP contribution in [-0.4, -0.2) is 5.91 Å². The van der Waals surface area contributed by atoms with Gasteiger partial charge in [0.1, 0.15) is 5.69 Å². The highest BCUT2D eigenvalue weighted by atomic mass is 19.2. The molecule has 0 fully saturated rings. The van der Waals surface area contributed by atoms with Crippen molar-refractivity contribution in [1.82, 2.24) is 0 Å². The van der Waals surface area contributed by atoms with Crippen LogP contribution in [-0.2, 0) is 0 Å². The zero-order valence-electron chi connectivity index (χ0n) is 9.38. The molecule has 0 aliphatic carbocycles. The van der Waals surface area contributed by atoms with Crippen LogP contribution in [0.3, 0.4) is 0 Å². The first-order chi connectivity index (χ1) is 9.00. The van der Waals surface area contributed by atoms with E-state index in [1.165, 1.54) is 24.3 Å². The van der Waals surface area contributed by atoms with Gasteiger partial charge >= 0.3 is 0 Å². The van der Waals surface area contributed by atoms with Crippen LogP contribution in [0, 0.1) is 23.3 Å². The Morgan fingerprint density at radius 3 is 1.95 bits per heavy atom. The summed E-state index contributed by atoms with van der Waals surface area (Å²) in [6, 6.07) is 7.56. The van der Waals surface area contributed by atoms with Gasteiger partial charge in [-0.3, -0.25) is 4.79 Å². The van der Waals surface area contributed by atoms with Crippen LogP contribution in [0.2, 0.25) is 0 Å². The van der Waals surface area contributed by atoms with Gasteiger partial charge < -0.3 is 5.32 Å². The van der Waals surface area contributed by atoms with Gasteiger partial charge in [-0.2, -0.15) is 0 Å². The third-order valence-electron chi connectivity index (χ3n) is 2.39. The van der Waals surface area contributed by atoms with Gasteiger partial charge in [-0.05, 0) is 12.1 Å². The molecular formula is C13H7F4NO. The summed E-state index contributed by atoms with van der Waals surface area (Å²) in [6.07, 6.45) is 0. The van der Waals surface area contributed by atoms with Gasteiger partial charge in [-0.25, -0.2) is 17.6 Å². The Kier molecular flexibility index (Phi) is 3.50. The first-order valence-corrected chi connectivity index (χ1v) is 5.20. The molecule has 0 spiro atoms. The van der Waals surface area contributed by atoms with Crippen LogP contribution < -0.4 is 5.32 Å². The molecule has 98 valence electrons. The van der Waals surface area contributed by atoms with E-state index in [1.54, 1.807) is 6.07 Å². The Hall–Kier alpha value is -2.37. The molecule has 0 radical (unpaired) electrons. The molecule has 6 heteroatoms. The summed E-state index contributed by atoms with van der Waals surface area (Å²) in [5.41, 5.74) is -1.04. The molecule has 2 aromatic rings. The number of benzene rings is 2. The highest BCUT2D eigenvalue weighted by molar-refractivity contribution is 6.04. The van der Waals surface area contributed by atoms with Crippen LogP contribution in [0.4, 0.5) is 23.2 Å². The maximum absolute atomic E-state index is 13.3. The molecule has 0 heterocycles. The van der Waals surface area contributed by atoms with Crippen molar-refractivity contribution in [3.63, 3.8) is 0 Å². The number of carbonyl (C=O) groups excluding carboxylic acids is 1. The molecule has 2 rings (SSSR count). The van der Waals surface area contributed by atoms with E-state index in [1.807, 2.05) is 5.32 Å². The monoisotopic (exact) mass is 269 g/mol. The average molecular weight is 269 g/mol. The second kappa shape index (κ2) is 5.09. The van der Waals surface area contributed by atoms with Gasteiger partial charge in [-0.15, -0.1) is 0 Å². The molecule has 0 bridgehead atoms. The quantitative estimate of drug-likeness (QED) is 0.656. The number of nitrogens with one attached hydrogen (secondary N) is 1. The molecule has 2 aromatic carbocycles. The van der Waals surface area contributed by atoms with Crippen LogP contribution in [0.5, 0.6) is 0 Å². The third kappa shape index (κ3) is 2.57. The van der Waals surface area contributed by atoms with Crippen LogP contribution >= 0.6 is 0 Å². The van der Waals surface area contributed by atoms with Gasteiger partial charge in [0.2, 0.25) is 0 Å². The minimum absolute atomic E-state index is 0.0723. The lowest BCUT2D eigenvalue weighted by Gasteiger charge is -2.08.